The number of H-pyrrole nitrogens is 1. The fourth-order valence-electron chi connectivity index (χ4n) is 6.52. The average molecular weight is 560 g/mol. The molecule has 0 atom stereocenters. The molecule has 0 unspecified atom stereocenters. The molecule has 2 amide bonds. The maximum atomic E-state index is 13.1. The smallest absolute Gasteiger partial charge is 0.280 e. The summed E-state index contributed by atoms with van der Waals surface area (Å²) < 4.78 is 2.21. The minimum Gasteiger partial charge on any atom is -0.390 e. The first-order valence-corrected chi connectivity index (χ1v) is 15.2. The maximum absolute atomic E-state index is 13.1. The monoisotopic (exact) mass is 559 g/mol. The molecule has 1 saturated heterocycles. The normalized spacial score (nSPS) is 21.5. The zero-order valence-electron chi connectivity index (χ0n) is 24.9. The Balaban J connectivity index is 1.43. The molecule has 2 fully saturated rings. The second kappa shape index (κ2) is 12.3. The Labute approximate surface area is 242 Å². The number of likely N-dealkylation sites (tertiary alicyclic amines) is 1. The highest BCUT2D eigenvalue weighted by molar-refractivity contribution is 5.94. The SMILES string of the molecule is CC(C)NC(=O)[C@H]1CC[C@@H](n2/c(=N/C(=O)c3ccccc3)[nH]c3ccc(CN4CCC(C(C)(C)O)CC4)cc32)CC1. The quantitative estimate of drug-likeness (QED) is 0.381. The number of hydrogen-bond acceptors (Lipinski definition) is 4. The van der Waals surface area contributed by atoms with Crippen LogP contribution in [0.5, 0.6) is 0 Å². The molecule has 1 aliphatic heterocycles. The predicted octanol–water partition coefficient (Wildman–Crippen LogP) is 4.95. The molecule has 220 valence electrons. The van der Waals surface area contributed by atoms with E-state index in [1.165, 1.54) is 5.56 Å². The molecule has 0 radical (unpaired) electrons. The van der Waals surface area contributed by atoms with E-state index in [2.05, 4.69) is 43.0 Å². The molecule has 1 aromatic heterocycles. The Morgan fingerprint density at radius 1 is 1.02 bits per heavy atom. The van der Waals surface area contributed by atoms with Crippen molar-refractivity contribution in [1.82, 2.24) is 19.8 Å². The number of rotatable bonds is 7. The molecule has 2 aliphatic rings. The molecule has 0 spiro atoms. The summed E-state index contributed by atoms with van der Waals surface area (Å²) in [5.74, 6) is 0.221. The van der Waals surface area contributed by atoms with Crippen molar-refractivity contribution in [1.29, 1.82) is 0 Å². The summed E-state index contributed by atoms with van der Waals surface area (Å²) in [6.07, 6.45) is 5.31. The first-order valence-electron chi connectivity index (χ1n) is 15.2. The van der Waals surface area contributed by atoms with E-state index in [1.54, 1.807) is 12.1 Å². The zero-order chi connectivity index (χ0) is 29.1. The zero-order valence-corrected chi connectivity index (χ0v) is 24.9. The number of carbonyl (C=O) groups excluding carboxylic acids is 2. The molecule has 8 nitrogen and oxygen atoms in total. The first kappa shape index (κ1) is 29.3. The lowest BCUT2D eigenvalue weighted by Gasteiger charge is -2.37. The summed E-state index contributed by atoms with van der Waals surface area (Å²) in [4.78, 5) is 36.3. The van der Waals surface area contributed by atoms with E-state index >= 15 is 0 Å². The van der Waals surface area contributed by atoms with Gasteiger partial charge in [0.15, 0.2) is 0 Å². The topological polar surface area (TPSA) is 103 Å². The summed E-state index contributed by atoms with van der Waals surface area (Å²) >= 11 is 0. The predicted molar refractivity (Wildman–Crippen MR) is 161 cm³/mol. The van der Waals surface area contributed by atoms with E-state index < -0.39 is 5.60 Å². The largest absolute Gasteiger partial charge is 0.390 e. The van der Waals surface area contributed by atoms with E-state index in [4.69, 9.17) is 0 Å². The van der Waals surface area contributed by atoms with Crippen molar-refractivity contribution in [2.24, 2.45) is 16.8 Å². The Bertz CT molecular complexity index is 1420. The Morgan fingerprint density at radius 2 is 1.71 bits per heavy atom. The van der Waals surface area contributed by atoms with E-state index in [9.17, 15) is 14.7 Å². The van der Waals surface area contributed by atoms with Gasteiger partial charge in [-0.05, 0) is 115 Å². The fraction of sp³-hybridized carbons (Fsp3) is 0.545. The minimum absolute atomic E-state index is 0.0215. The third-order valence-corrected chi connectivity index (χ3v) is 8.88. The van der Waals surface area contributed by atoms with Crippen LogP contribution in [0.4, 0.5) is 0 Å². The Kier molecular flexibility index (Phi) is 8.80. The molecular weight excluding hydrogens is 514 g/mol. The van der Waals surface area contributed by atoms with Crippen molar-refractivity contribution in [2.75, 3.05) is 13.1 Å². The lowest BCUT2D eigenvalue weighted by Crippen LogP contribution is -2.41. The highest BCUT2D eigenvalue weighted by Gasteiger charge is 2.31. The number of amides is 2. The van der Waals surface area contributed by atoms with Gasteiger partial charge < -0.3 is 20.0 Å². The van der Waals surface area contributed by atoms with Gasteiger partial charge in [0.25, 0.3) is 5.91 Å². The standard InChI is InChI=1S/C33H45N5O3/c1-22(2)34-30(39)25-11-13-27(14-12-25)38-29-20-23(21-37-18-16-26(17-19-37)33(3,4)41)10-15-28(29)35-32(38)36-31(40)24-8-6-5-7-9-24/h5-10,15,20,22,25-27,41H,11-14,16-19,21H2,1-4H3,(H,34,39)(H,35,36,40)/t25-,27+. The number of aromatic nitrogens is 2. The van der Waals surface area contributed by atoms with Gasteiger partial charge in [-0.15, -0.1) is 0 Å². The Morgan fingerprint density at radius 3 is 2.34 bits per heavy atom. The number of fused-ring (bicyclic) bond motifs is 1. The van der Waals surface area contributed by atoms with Gasteiger partial charge in [-0.2, -0.15) is 4.99 Å². The van der Waals surface area contributed by atoms with Crippen molar-refractivity contribution >= 4 is 22.8 Å². The van der Waals surface area contributed by atoms with Gasteiger partial charge >= 0.3 is 0 Å². The number of carbonyl (C=O) groups is 2. The van der Waals surface area contributed by atoms with Gasteiger partial charge in [0, 0.05) is 30.1 Å². The Hall–Kier alpha value is -3.23. The summed E-state index contributed by atoms with van der Waals surface area (Å²) in [6, 6.07) is 15.9. The minimum atomic E-state index is -0.632. The van der Waals surface area contributed by atoms with Crippen LogP contribution >= 0.6 is 0 Å². The number of aromatic amines is 1. The van der Waals surface area contributed by atoms with Crippen LogP contribution in [0.2, 0.25) is 0 Å². The van der Waals surface area contributed by atoms with Gasteiger partial charge in [-0.1, -0.05) is 24.3 Å². The molecule has 0 bridgehead atoms. The lowest BCUT2D eigenvalue weighted by atomic mass is 9.83. The third kappa shape index (κ3) is 6.99. The number of benzene rings is 2. The third-order valence-electron chi connectivity index (χ3n) is 8.88. The van der Waals surface area contributed by atoms with Gasteiger partial charge in [0.1, 0.15) is 0 Å². The van der Waals surface area contributed by atoms with Crippen molar-refractivity contribution in [3.05, 3.63) is 65.3 Å². The number of imidazole rings is 1. The average Bonchev–Trinajstić information content (AvgIpc) is 3.30. The summed E-state index contributed by atoms with van der Waals surface area (Å²) in [7, 11) is 0. The van der Waals surface area contributed by atoms with Crippen LogP contribution in [0.1, 0.15) is 88.2 Å². The molecular formula is C33H45N5O3. The van der Waals surface area contributed by atoms with Crippen LogP contribution in [0.3, 0.4) is 0 Å². The number of nitrogens with zero attached hydrogens (tertiary/aromatic N) is 3. The molecule has 1 saturated carbocycles. The van der Waals surface area contributed by atoms with E-state index in [-0.39, 0.29) is 29.8 Å². The number of piperidine rings is 1. The van der Waals surface area contributed by atoms with Crippen molar-refractivity contribution < 1.29 is 14.7 Å². The molecule has 3 N–H and O–H groups in total. The van der Waals surface area contributed by atoms with Crippen LogP contribution < -0.4 is 10.9 Å². The molecule has 8 heteroatoms. The fourth-order valence-corrected chi connectivity index (χ4v) is 6.52. The van der Waals surface area contributed by atoms with Gasteiger partial charge in [-0.25, -0.2) is 0 Å². The molecule has 41 heavy (non-hydrogen) atoms. The van der Waals surface area contributed by atoms with Gasteiger partial charge in [-0.3, -0.25) is 14.5 Å². The van der Waals surface area contributed by atoms with Gasteiger partial charge in [0.05, 0.1) is 16.6 Å². The molecule has 3 aromatic rings. The van der Waals surface area contributed by atoms with Crippen LogP contribution in [0.15, 0.2) is 53.5 Å². The van der Waals surface area contributed by atoms with Crippen LogP contribution in [0, 0.1) is 11.8 Å². The van der Waals surface area contributed by atoms with E-state index in [0.717, 1.165) is 69.2 Å². The molecule has 2 aromatic carbocycles. The summed E-state index contributed by atoms with van der Waals surface area (Å²) in [5.41, 5.74) is 3.71. The lowest BCUT2D eigenvalue weighted by molar-refractivity contribution is -0.126. The van der Waals surface area contributed by atoms with E-state index in [1.807, 2.05) is 45.9 Å². The van der Waals surface area contributed by atoms with Gasteiger partial charge in [0.2, 0.25) is 11.5 Å². The van der Waals surface area contributed by atoms with Crippen molar-refractivity contribution in [3.8, 4) is 0 Å². The van der Waals surface area contributed by atoms with E-state index in [0.29, 0.717) is 17.1 Å². The summed E-state index contributed by atoms with van der Waals surface area (Å²) in [5, 5.41) is 13.5. The van der Waals surface area contributed by atoms with Crippen molar-refractivity contribution in [3.63, 3.8) is 0 Å². The maximum Gasteiger partial charge on any atom is 0.280 e. The summed E-state index contributed by atoms with van der Waals surface area (Å²) in [6.45, 7) is 10.6. The number of hydrogen-bond donors (Lipinski definition) is 3. The molecule has 5 rings (SSSR count). The molecule has 2 heterocycles. The highest BCUT2D eigenvalue weighted by Crippen LogP contribution is 2.34. The second-order valence-corrected chi connectivity index (χ2v) is 12.8. The second-order valence-electron chi connectivity index (χ2n) is 12.8. The van der Waals surface area contributed by atoms with Crippen LogP contribution in [-0.4, -0.2) is 56.1 Å². The number of nitrogens with one attached hydrogen (secondary N) is 2. The van der Waals surface area contributed by atoms with Crippen molar-refractivity contribution in [2.45, 2.75) is 90.4 Å². The van der Waals surface area contributed by atoms with Crippen LogP contribution in [0.25, 0.3) is 11.0 Å². The van der Waals surface area contributed by atoms with Crippen LogP contribution in [-0.2, 0) is 11.3 Å². The highest BCUT2D eigenvalue weighted by atomic mass is 16.3. The molecule has 1 aliphatic carbocycles. The first-order chi connectivity index (χ1) is 19.6. The number of aliphatic hydroxyl groups is 1.